The average molecular weight is 430 g/mol. The maximum atomic E-state index is 12.4. The van der Waals surface area contributed by atoms with Crippen molar-refractivity contribution < 1.29 is 9.59 Å². The number of carbonyl (C=O) groups is 2. The number of aryl methyl sites for hydroxylation is 1. The summed E-state index contributed by atoms with van der Waals surface area (Å²) in [6, 6.07) is 6.85. The van der Waals surface area contributed by atoms with Crippen molar-refractivity contribution in [2.75, 3.05) is 11.9 Å². The summed E-state index contributed by atoms with van der Waals surface area (Å²) in [5, 5.41) is 5.77. The lowest BCUT2D eigenvalue weighted by atomic mass is 10.0. The van der Waals surface area contributed by atoms with Crippen molar-refractivity contribution in [1.82, 2.24) is 14.9 Å². The zero-order valence-corrected chi connectivity index (χ0v) is 17.8. The maximum Gasteiger partial charge on any atom is 0.251 e. The van der Waals surface area contributed by atoms with Crippen molar-refractivity contribution in [2.24, 2.45) is 11.7 Å². The molecule has 2 aromatic rings. The van der Waals surface area contributed by atoms with Gasteiger partial charge in [-0.05, 0) is 30.5 Å². The lowest BCUT2D eigenvalue weighted by Crippen LogP contribution is -2.41. The first kappa shape index (κ1) is 25.9. The lowest BCUT2D eigenvalue weighted by Gasteiger charge is -2.19. The second-order valence-electron chi connectivity index (χ2n) is 6.72. The summed E-state index contributed by atoms with van der Waals surface area (Å²) in [6.45, 7) is 5.14. The molecular weight excluding hydrogens is 401 g/mol. The molecule has 0 radical (unpaired) electrons. The van der Waals surface area contributed by atoms with Gasteiger partial charge in [0.2, 0.25) is 5.91 Å². The van der Waals surface area contributed by atoms with E-state index in [1.165, 1.54) is 0 Å². The van der Waals surface area contributed by atoms with Crippen LogP contribution in [-0.4, -0.2) is 34.0 Å². The van der Waals surface area contributed by atoms with Crippen LogP contribution in [0.1, 0.15) is 37.0 Å². The molecule has 0 aliphatic carbocycles. The summed E-state index contributed by atoms with van der Waals surface area (Å²) in [6.07, 6.45) is 6.31. The molecule has 0 spiro atoms. The highest BCUT2D eigenvalue weighted by Crippen LogP contribution is 2.12. The number of imidazole rings is 1. The van der Waals surface area contributed by atoms with Crippen molar-refractivity contribution in [3.05, 3.63) is 48.5 Å². The van der Waals surface area contributed by atoms with E-state index in [1.54, 1.807) is 36.8 Å². The van der Waals surface area contributed by atoms with Crippen LogP contribution < -0.4 is 16.4 Å². The van der Waals surface area contributed by atoms with Crippen molar-refractivity contribution >= 4 is 42.3 Å². The molecule has 0 saturated heterocycles. The first-order chi connectivity index (χ1) is 12.5. The third kappa shape index (κ3) is 8.73. The molecule has 1 aromatic heterocycles. The topological polar surface area (TPSA) is 102 Å². The molecule has 1 heterocycles. The van der Waals surface area contributed by atoms with Gasteiger partial charge in [-0.15, -0.1) is 24.8 Å². The Kier molecular flexibility index (Phi) is 12.2. The van der Waals surface area contributed by atoms with Gasteiger partial charge in [-0.1, -0.05) is 19.9 Å². The molecule has 7 nitrogen and oxygen atoms in total. The Bertz CT molecular complexity index is 723. The predicted molar refractivity (Wildman–Crippen MR) is 116 cm³/mol. The molecule has 4 N–H and O–H groups in total. The average Bonchev–Trinajstić information content (AvgIpc) is 3.12. The van der Waals surface area contributed by atoms with Crippen molar-refractivity contribution in [2.45, 2.75) is 39.3 Å². The number of aromatic nitrogens is 2. The number of nitrogens with zero attached hydrogens (tertiary/aromatic N) is 2. The first-order valence-corrected chi connectivity index (χ1v) is 8.84. The van der Waals surface area contributed by atoms with E-state index in [1.807, 2.05) is 10.8 Å². The zero-order valence-electron chi connectivity index (χ0n) is 16.1. The molecule has 156 valence electrons. The highest BCUT2D eigenvalue weighted by molar-refractivity contribution is 5.97. The Hall–Kier alpha value is -2.09. The highest BCUT2D eigenvalue weighted by Gasteiger charge is 2.14. The Morgan fingerprint density at radius 1 is 1.25 bits per heavy atom. The standard InChI is InChI=1S/C19H27N5O2.2ClH/c1-14(2)10-17(12-20)23-19(26)15-4-3-5-16(11-15)22-18(25)6-8-24-9-7-21-13-24;;/h3-5,7,9,11,13-14,17H,6,8,10,12,20H2,1-2H3,(H,22,25)(H,23,26);2*1H. The fraction of sp³-hybridized carbons (Fsp3) is 0.421. The predicted octanol–water partition coefficient (Wildman–Crippen LogP) is 2.86. The number of rotatable bonds is 9. The minimum atomic E-state index is -0.185. The third-order valence-electron chi connectivity index (χ3n) is 3.94. The molecular formula is C19H29Cl2N5O2. The van der Waals surface area contributed by atoms with Crippen LogP contribution in [0, 0.1) is 5.92 Å². The van der Waals surface area contributed by atoms with Gasteiger partial charge < -0.3 is 20.9 Å². The fourth-order valence-electron chi connectivity index (χ4n) is 2.66. The number of benzene rings is 1. The van der Waals surface area contributed by atoms with Crippen LogP contribution in [-0.2, 0) is 11.3 Å². The molecule has 1 atom stereocenters. The Labute approximate surface area is 178 Å². The number of nitrogens with one attached hydrogen (secondary N) is 2. The molecule has 0 aliphatic heterocycles. The molecule has 0 bridgehead atoms. The van der Waals surface area contributed by atoms with E-state index in [2.05, 4.69) is 29.5 Å². The number of anilines is 1. The van der Waals surface area contributed by atoms with Crippen molar-refractivity contribution in [3.8, 4) is 0 Å². The van der Waals surface area contributed by atoms with Crippen LogP contribution in [0.4, 0.5) is 5.69 Å². The van der Waals surface area contributed by atoms with Gasteiger partial charge in [0.25, 0.3) is 5.91 Å². The Balaban J connectivity index is 0.00000364. The van der Waals surface area contributed by atoms with E-state index in [0.29, 0.717) is 36.7 Å². The van der Waals surface area contributed by atoms with Gasteiger partial charge in [0.1, 0.15) is 0 Å². The number of nitrogens with two attached hydrogens (primary N) is 1. The minimum absolute atomic E-state index is 0. The van der Waals surface area contributed by atoms with Crippen LogP contribution in [0.2, 0.25) is 0 Å². The quantitative estimate of drug-likeness (QED) is 0.569. The Morgan fingerprint density at radius 2 is 2.00 bits per heavy atom. The van der Waals surface area contributed by atoms with Gasteiger partial charge in [-0.25, -0.2) is 4.98 Å². The largest absolute Gasteiger partial charge is 0.348 e. The molecule has 9 heteroatoms. The Morgan fingerprint density at radius 3 is 2.61 bits per heavy atom. The van der Waals surface area contributed by atoms with E-state index in [9.17, 15) is 9.59 Å². The van der Waals surface area contributed by atoms with Gasteiger partial charge in [0.15, 0.2) is 0 Å². The number of carbonyl (C=O) groups excluding carboxylic acids is 2. The van der Waals surface area contributed by atoms with Gasteiger partial charge in [-0.2, -0.15) is 0 Å². The van der Waals surface area contributed by atoms with E-state index in [-0.39, 0.29) is 42.7 Å². The normalized spacial score (nSPS) is 11.1. The van der Waals surface area contributed by atoms with Gasteiger partial charge in [0.05, 0.1) is 6.33 Å². The minimum Gasteiger partial charge on any atom is -0.348 e. The first-order valence-electron chi connectivity index (χ1n) is 8.84. The van der Waals surface area contributed by atoms with Crippen molar-refractivity contribution in [3.63, 3.8) is 0 Å². The van der Waals surface area contributed by atoms with Crippen LogP contribution in [0.5, 0.6) is 0 Å². The summed E-state index contributed by atoms with van der Waals surface area (Å²) in [5.74, 6) is 0.150. The number of hydrogen-bond donors (Lipinski definition) is 3. The molecule has 1 unspecified atom stereocenters. The van der Waals surface area contributed by atoms with Crippen LogP contribution in [0.25, 0.3) is 0 Å². The monoisotopic (exact) mass is 429 g/mol. The molecule has 0 saturated carbocycles. The summed E-state index contributed by atoms with van der Waals surface area (Å²) >= 11 is 0. The SMILES string of the molecule is CC(C)CC(CN)NC(=O)c1cccc(NC(=O)CCn2ccnc2)c1.Cl.Cl. The van der Waals surface area contributed by atoms with Crippen LogP contribution >= 0.6 is 24.8 Å². The summed E-state index contributed by atoms with van der Waals surface area (Å²) in [5.41, 5.74) is 6.84. The van der Waals surface area contributed by atoms with E-state index in [4.69, 9.17) is 5.73 Å². The summed E-state index contributed by atoms with van der Waals surface area (Å²) in [4.78, 5) is 28.4. The van der Waals surface area contributed by atoms with Crippen LogP contribution in [0.15, 0.2) is 43.0 Å². The molecule has 2 amide bonds. The number of amides is 2. The number of halogens is 2. The molecule has 0 aliphatic rings. The van der Waals surface area contributed by atoms with Crippen LogP contribution in [0.3, 0.4) is 0 Å². The fourth-order valence-corrected chi connectivity index (χ4v) is 2.66. The summed E-state index contributed by atoms with van der Waals surface area (Å²) < 4.78 is 1.84. The summed E-state index contributed by atoms with van der Waals surface area (Å²) in [7, 11) is 0. The molecule has 28 heavy (non-hydrogen) atoms. The van der Waals surface area contributed by atoms with Gasteiger partial charge in [-0.3, -0.25) is 9.59 Å². The lowest BCUT2D eigenvalue weighted by molar-refractivity contribution is -0.116. The van der Waals surface area contributed by atoms with Gasteiger partial charge in [0, 0.05) is 49.2 Å². The second kappa shape index (κ2) is 13.1. The molecule has 0 fully saturated rings. The smallest absolute Gasteiger partial charge is 0.251 e. The van der Waals surface area contributed by atoms with E-state index >= 15 is 0 Å². The maximum absolute atomic E-state index is 12.4. The van der Waals surface area contributed by atoms with Gasteiger partial charge >= 0.3 is 0 Å². The third-order valence-corrected chi connectivity index (χ3v) is 3.94. The molecule has 2 rings (SSSR count). The van der Waals surface area contributed by atoms with E-state index in [0.717, 1.165) is 6.42 Å². The number of hydrogen-bond acceptors (Lipinski definition) is 4. The zero-order chi connectivity index (χ0) is 18.9. The molecule has 1 aromatic carbocycles. The highest BCUT2D eigenvalue weighted by atomic mass is 35.5. The second-order valence-corrected chi connectivity index (χ2v) is 6.72. The van der Waals surface area contributed by atoms with E-state index < -0.39 is 0 Å². The van der Waals surface area contributed by atoms with Crippen molar-refractivity contribution in [1.29, 1.82) is 0 Å².